The van der Waals surface area contributed by atoms with Crippen molar-refractivity contribution in [3.8, 4) is 28.2 Å². The minimum atomic E-state index is 0.424. The molecule has 0 saturated heterocycles. The molecule has 0 fully saturated rings. The lowest BCUT2D eigenvalue weighted by atomic mass is 9.92. The van der Waals surface area contributed by atoms with E-state index in [1.807, 2.05) is 11.8 Å². The predicted octanol–water partition coefficient (Wildman–Crippen LogP) is 9.20. The van der Waals surface area contributed by atoms with Crippen LogP contribution in [0.3, 0.4) is 0 Å². The molecule has 0 radical (unpaired) electrons. The fourth-order valence-electron chi connectivity index (χ4n) is 5.97. The van der Waals surface area contributed by atoms with Gasteiger partial charge in [-0.1, -0.05) is 115 Å². The van der Waals surface area contributed by atoms with Gasteiger partial charge in [0.15, 0.2) is 0 Å². The Morgan fingerprint density at radius 1 is 0.632 bits per heavy atom. The maximum absolute atomic E-state index is 5.14. The van der Waals surface area contributed by atoms with Crippen LogP contribution in [0.1, 0.15) is 11.5 Å². The van der Waals surface area contributed by atoms with Crippen molar-refractivity contribution >= 4 is 33.6 Å². The number of allylic oxidation sites excluding steroid dienone is 3. The number of pyridine rings is 1. The zero-order valence-electron chi connectivity index (χ0n) is 20.7. The summed E-state index contributed by atoms with van der Waals surface area (Å²) in [4.78, 5) is 6.53. The van der Waals surface area contributed by atoms with Gasteiger partial charge in [0.1, 0.15) is 0 Å². The summed E-state index contributed by atoms with van der Waals surface area (Å²) >= 11 is 2.00. The highest BCUT2D eigenvalue weighted by atomic mass is 32.2. The van der Waals surface area contributed by atoms with Crippen LogP contribution in [-0.2, 0) is 0 Å². The van der Waals surface area contributed by atoms with Crippen molar-refractivity contribution in [3.63, 3.8) is 0 Å². The molecule has 4 aromatic carbocycles. The Bertz CT molecular complexity index is 1840. The van der Waals surface area contributed by atoms with E-state index in [-0.39, 0.29) is 0 Å². The summed E-state index contributed by atoms with van der Waals surface area (Å²) in [5.41, 5.74) is 9.29. The Balaban J connectivity index is 1.46. The molecule has 1 aliphatic heterocycles. The Kier molecular flexibility index (Phi) is 4.92. The molecule has 3 heterocycles. The number of para-hydroxylation sites is 1. The normalized spacial score (nSPS) is 17.7. The van der Waals surface area contributed by atoms with E-state index < -0.39 is 0 Å². The molecule has 8 rings (SSSR count). The Hall–Kier alpha value is -4.34. The van der Waals surface area contributed by atoms with Crippen LogP contribution in [0, 0.1) is 0 Å². The first-order chi connectivity index (χ1) is 18.8. The fraction of sp³-hybridized carbons (Fsp3) is 0.0571. The minimum Gasteiger partial charge on any atom is -0.308 e. The van der Waals surface area contributed by atoms with Gasteiger partial charge in [-0.25, -0.2) is 4.98 Å². The van der Waals surface area contributed by atoms with E-state index in [0.717, 1.165) is 28.2 Å². The Morgan fingerprint density at radius 3 is 2.03 bits per heavy atom. The van der Waals surface area contributed by atoms with Crippen molar-refractivity contribution in [2.24, 2.45) is 0 Å². The molecule has 0 spiro atoms. The van der Waals surface area contributed by atoms with Gasteiger partial charge >= 0.3 is 0 Å². The number of hydrogen-bond donors (Lipinski definition) is 0. The van der Waals surface area contributed by atoms with Crippen molar-refractivity contribution < 1.29 is 0 Å². The first-order valence-electron chi connectivity index (χ1n) is 13.1. The van der Waals surface area contributed by atoms with Gasteiger partial charge < -0.3 is 4.57 Å². The third kappa shape index (κ3) is 3.32. The lowest BCUT2D eigenvalue weighted by molar-refractivity contribution is 0.882. The summed E-state index contributed by atoms with van der Waals surface area (Å²) in [7, 11) is 0. The van der Waals surface area contributed by atoms with E-state index in [9.17, 15) is 0 Å². The van der Waals surface area contributed by atoms with Gasteiger partial charge in [-0.15, -0.1) is 11.8 Å². The second-order valence-corrected chi connectivity index (χ2v) is 11.1. The van der Waals surface area contributed by atoms with Crippen LogP contribution >= 0.6 is 11.8 Å². The highest BCUT2D eigenvalue weighted by Gasteiger charge is 2.34. The number of thioether (sulfide) groups is 1. The average molecular weight is 505 g/mol. The zero-order valence-corrected chi connectivity index (χ0v) is 21.5. The molecule has 0 saturated carbocycles. The van der Waals surface area contributed by atoms with E-state index >= 15 is 0 Å². The van der Waals surface area contributed by atoms with Gasteiger partial charge in [0.2, 0.25) is 0 Å². The summed E-state index contributed by atoms with van der Waals surface area (Å²) in [6, 6.07) is 39.0. The molecule has 38 heavy (non-hydrogen) atoms. The van der Waals surface area contributed by atoms with Gasteiger partial charge in [-0.3, -0.25) is 0 Å². The van der Waals surface area contributed by atoms with E-state index in [0.29, 0.717) is 11.2 Å². The summed E-state index contributed by atoms with van der Waals surface area (Å²) in [5, 5.41) is 3.04. The van der Waals surface area contributed by atoms with Crippen LogP contribution in [0.5, 0.6) is 0 Å². The summed E-state index contributed by atoms with van der Waals surface area (Å²) in [5.74, 6) is 0.424. The summed E-state index contributed by atoms with van der Waals surface area (Å²) < 4.78 is 2.47. The number of benzene rings is 4. The molecule has 0 amide bonds. The fourth-order valence-corrected chi connectivity index (χ4v) is 7.45. The van der Waals surface area contributed by atoms with Crippen molar-refractivity contribution in [1.82, 2.24) is 9.55 Å². The minimum absolute atomic E-state index is 0.424. The van der Waals surface area contributed by atoms with E-state index in [2.05, 4.69) is 138 Å². The molecule has 2 atom stereocenters. The van der Waals surface area contributed by atoms with Gasteiger partial charge in [0.25, 0.3) is 0 Å². The van der Waals surface area contributed by atoms with Gasteiger partial charge in [0.05, 0.1) is 28.1 Å². The van der Waals surface area contributed by atoms with Crippen LogP contribution in [0.15, 0.2) is 138 Å². The third-order valence-corrected chi connectivity index (χ3v) is 9.11. The number of rotatable bonds is 3. The van der Waals surface area contributed by atoms with Crippen molar-refractivity contribution in [1.29, 1.82) is 0 Å². The zero-order chi connectivity index (χ0) is 25.1. The van der Waals surface area contributed by atoms with Crippen molar-refractivity contribution in [3.05, 3.63) is 139 Å². The first kappa shape index (κ1) is 21.7. The molecule has 2 nitrogen and oxygen atoms in total. The van der Waals surface area contributed by atoms with Gasteiger partial charge in [-0.2, -0.15) is 0 Å². The van der Waals surface area contributed by atoms with Gasteiger partial charge in [0, 0.05) is 38.0 Å². The lowest BCUT2D eigenvalue weighted by Crippen LogP contribution is -2.06. The second-order valence-electron chi connectivity index (χ2n) is 9.94. The number of fused-ring (bicyclic) bond motifs is 7. The van der Waals surface area contributed by atoms with E-state index in [1.165, 1.54) is 32.3 Å². The molecule has 180 valence electrons. The number of aromatic nitrogens is 2. The highest BCUT2D eigenvalue weighted by Crippen LogP contribution is 2.52. The molecule has 2 aromatic heterocycles. The maximum Gasteiger partial charge on any atom is 0.0730 e. The standard InChI is InChI=1S/C35H24N2S/c1-3-11-23(12-4-1)30-21-25(22-31(36-30)24-13-5-2-6-14-24)37-32-17-9-7-15-26(32)28-19-20-29-27-16-8-10-18-33(27)38-35(29)34(28)37/h1-22,27,33H. The quantitative estimate of drug-likeness (QED) is 0.239. The molecule has 1 aliphatic carbocycles. The van der Waals surface area contributed by atoms with Crippen LogP contribution in [0.25, 0.3) is 50.0 Å². The van der Waals surface area contributed by atoms with E-state index in [4.69, 9.17) is 4.98 Å². The molecule has 2 aliphatic rings. The number of nitrogens with zero attached hydrogens (tertiary/aromatic N) is 2. The highest BCUT2D eigenvalue weighted by molar-refractivity contribution is 8.00. The monoisotopic (exact) mass is 504 g/mol. The molecule has 3 heteroatoms. The van der Waals surface area contributed by atoms with Crippen LogP contribution in [0.4, 0.5) is 0 Å². The van der Waals surface area contributed by atoms with Crippen LogP contribution < -0.4 is 0 Å². The molecule has 6 aromatic rings. The van der Waals surface area contributed by atoms with Crippen LogP contribution in [-0.4, -0.2) is 14.8 Å². The molecule has 0 N–H and O–H groups in total. The van der Waals surface area contributed by atoms with E-state index in [1.54, 1.807) is 0 Å². The van der Waals surface area contributed by atoms with Crippen LogP contribution in [0.2, 0.25) is 0 Å². The summed E-state index contributed by atoms with van der Waals surface area (Å²) in [6.45, 7) is 0. The second kappa shape index (κ2) is 8.61. The largest absolute Gasteiger partial charge is 0.308 e. The predicted molar refractivity (Wildman–Crippen MR) is 160 cm³/mol. The molecular formula is C35H24N2S. The van der Waals surface area contributed by atoms with Crippen molar-refractivity contribution in [2.45, 2.75) is 16.1 Å². The smallest absolute Gasteiger partial charge is 0.0730 e. The Labute approximate surface area is 226 Å². The third-order valence-electron chi connectivity index (χ3n) is 7.73. The molecule has 2 unspecified atom stereocenters. The first-order valence-corrected chi connectivity index (χ1v) is 13.9. The summed E-state index contributed by atoms with van der Waals surface area (Å²) in [6.07, 6.45) is 9.09. The lowest BCUT2D eigenvalue weighted by Gasteiger charge is -2.15. The number of hydrogen-bond acceptors (Lipinski definition) is 2. The topological polar surface area (TPSA) is 17.8 Å². The molecule has 0 bridgehead atoms. The van der Waals surface area contributed by atoms with Crippen molar-refractivity contribution in [2.75, 3.05) is 0 Å². The maximum atomic E-state index is 5.14. The average Bonchev–Trinajstić information content (AvgIpc) is 3.54. The SMILES string of the molecule is C1=CC2Sc3c(ccc4c5ccccc5n(-c5cc(-c6ccccc6)nc(-c6ccccc6)c5)c34)C2C=C1. The molecular weight excluding hydrogens is 480 g/mol. The van der Waals surface area contributed by atoms with Gasteiger partial charge in [-0.05, 0) is 23.8 Å². The Morgan fingerprint density at radius 2 is 1.29 bits per heavy atom.